The molecule has 0 unspecified atom stereocenters. The molecule has 1 aliphatic heterocycles. The highest BCUT2D eigenvalue weighted by atomic mass is 32.2. The number of nitrogens with zero attached hydrogens (tertiary/aromatic N) is 2. The van der Waals surface area contributed by atoms with Crippen molar-refractivity contribution in [2.45, 2.75) is 0 Å². The van der Waals surface area contributed by atoms with Crippen molar-refractivity contribution in [2.75, 3.05) is 4.31 Å². The van der Waals surface area contributed by atoms with E-state index >= 15 is 0 Å². The zero-order chi connectivity index (χ0) is 9.26. The highest BCUT2D eigenvalue weighted by Gasteiger charge is 2.22. The molecule has 0 radical (unpaired) electrons. The number of anilines is 1. The Morgan fingerprint density at radius 2 is 2.23 bits per heavy atom. The van der Waals surface area contributed by atoms with Crippen LogP contribution in [0.2, 0.25) is 0 Å². The fourth-order valence-corrected chi connectivity index (χ4v) is 1.69. The summed E-state index contributed by atoms with van der Waals surface area (Å²) in [6.07, 6.45) is 1.96. The van der Waals surface area contributed by atoms with Gasteiger partial charge in [-0.25, -0.2) is 4.31 Å². The summed E-state index contributed by atoms with van der Waals surface area (Å²) < 4.78 is 3.88. The highest BCUT2D eigenvalue weighted by Crippen LogP contribution is 2.28. The maximum absolute atomic E-state index is 11.3. The Labute approximate surface area is 79.4 Å². The van der Waals surface area contributed by atoms with Crippen LogP contribution in [-0.4, -0.2) is 5.91 Å². The van der Waals surface area contributed by atoms with Gasteiger partial charge in [0.25, 0.3) is 5.91 Å². The minimum absolute atomic E-state index is 0.160. The van der Waals surface area contributed by atoms with E-state index in [-0.39, 0.29) is 5.91 Å². The van der Waals surface area contributed by atoms with E-state index in [1.165, 1.54) is 4.31 Å². The summed E-state index contributed by atoms with van der Waals surface area (Å²) in [5, 5.41) is 8.73. The lowest BCUT2D eigenvalue weighted by Gasteiger charge is -2.21. The average molecular weight is 191 g/mol. The minimum atomic E-state index is -0.160. The molecule has 1 aliphatic rings. The Morgan fingerprint density at radius 1 is 1.46 bits per heavy atom. The molecule has 0 aliphatic carbocycles. The fraction of sp³-hybridized carbons (Fsp3) is 0. The predicted molar refractivity (Wildman–Crippen MR) is 49.6 cm³/mol. The Hall–Kier alpha value is -1.67. The van der Waals surface area contributed by atoms with E-state index in [1.54, 1.807) is 24.3 Å². The second-order valence-electron chi connectivity index (χ2n) is 2.43. The van der Waals surface area contributed by atoms with Crippen molar-refractivity contribution < 1.29 is 4.79 Å². The van der Waals surface area contributed by atoms with E-state index in [9.17, 15) is 4.79 Å². The standard InChI is InChI=1S/C8H5N3OS/c9-5-11-7-4-2-1-3-6(7)8(12)10-13-11/h1-4H,(H,10,12). The number of rotatable bonds is 0. The van der Waals surface area contributed by atoms with Gasteiger partial charge >= 0.3 is 0 Å². The molecule has 0 saturated heterocycles. The van der Waals surface area contributed by atoms with Crippen LogP contribution >= 0.6 is 12.1 Å². The first-order valence-corrected chi connectivity index (χ1v) is 4.36. The number of amides is 1. The van der Waals surface area contributed by atoms with Gasteiger partial charge in [-0.3, -0.25) is 9.52 Å². The maximum Gasteiger partial charge on any atom is 0.264 e. The third kappa shape index (κ3) is 1.21. The Balaban J connectivity index is 2.55. The van der Waals surface area contributed by atoms with E-state index < -0.39 is 0 Å². The first kappa shape index (κ1) is 7.95. The zero-order valence-electron chi connectivity index (χ0n) is 6.52. The normalized spacial score (nSPS) is 14.4. The third-order valence-electron chi connectivity index (χ3n) is 1.69. The van der Waals surface area contributed by atoms with Gasteiger partial charge in [-0.05, 0) is 12.1 Å². The number of nitriles is 1. The van der Waals surface area contributed by atoms with Crippen LogP contribution in [-0.2, 0) is 0 Å². The highest BCUT2D eigenvalue weighted by molar-refractivity contribution is 7.99. The second kappa shape index (κ2) is 2.99. The van der Waals surface area contributed by atoms with Gasteiger partial charge in [-0.15, -0.1) is 0 Å². The van der Waals surface area contributed by atoms with E-state index in [2.05, 4.69) is 4.72 Å². The molecule has 1 N–H and O–H groups in total. The first-order valence-electron chi connectivity index (χ1n) is 3.59. The molecule has 0 fully saturated rings. The average Bonchev–Trinajstić information content (AvgIpc) is 2.19. The monoisotopic (exact) mass is 191 g/mol. The predicted octanol–water partition coefficient (Wildman–Crippen LogP) is 1.28. The molecule has 1 aromatic rings. The van der Waals surface area contributed by atoms with Crippen LogP contribution < -0.4 is 9.03 Å². The van der Waals surface area contributed by atoms with Gasteiger partial charge in [0.2, 0.25) is 0 Å². The smallest absolute Gasteiger partial charge is 0.264 e. The van der Waals surface area contributed by atoms with Gasteiger partial charge in [0.1, 0.15) is 0 Å². The second-order valence-corrected chi connectivity index (χ2v) is 3.19. The number of fused-ring (bicyclic) bond motifs is 1. The lowest BCUT2D eigenvalue weighted by Crippen LogP contribution is -2.29. The van der Waals surface area contributed by atoms with E-state index in [1.807, 2.05) is 6.19 Å². The van der Waals surface area contributed by atoms with Crippen LogP contribution in [0.25, 0.3) is 0 Å². The Kier molecular flexibility index (Phi) is 1.83. The van der Waals surface area contributed by atoms with Gasteiger partial charge in [0.05, 0.1) is 23.4 Å². The number of nitrogens with one attached hydrogen (secondary N) is 1. The summed E-state index contributed by atoms with van der Waals surface area (Å²) in [4.78, 5) is 11.3. The number of hydrogen-bond donors (Lipinski definition) is 1. The van der Waals surface area contributed by atoms with E-state index in [0.29, 0.717) is 11.3 Å². The molecule has 64 valence electrons. The van der Waals surface area contributed by atoms with Gasteiger partial charge < -0.3 is 0 Å². The summed E-state index contributed by atoms with van der Waals surface area (Å²) in [5.41, 5.74) is 1.17. The lowest BCUT2D eigenvalue weighted by molar-refractivity contribution is 0.0983. The molecule has 5 heteroatoms. The van der Waals surface area contributed by atoms with Crippen molar-refractivity contribution in [1.82, 2.24) is 4.72 Å². The van der Waals surface area contributed by atoms with Gasteiger partial charge in [0.15, 0.2) is 6.19 Å². The van der Waals surface area contributed by atoms with Crippen molar-refractivity contribution in [1.29, 1.82) is 5.26 Å². The third-order valence-corrected chi connectivity index (χ3v) is 2.43. The van der Waals surface area contributed by atoms with Crippen molar-refractivity contribution in [3.8, 4) is 6.19 Å². The van der Waals surface area contributed by atoms with Crippen LogP contribution in [0.3, 0.4) is 0 Å². The zero-order valence-corrected chi connectivity index (χ0v) is 7.34. The van der Waals surface area contributed by atoms with Crippen LogP contribution in [0.1, 0.15) is 10.4 Å². The van der Waals surface area contributed by atoms with Crippen LogP contribution in [0.5, 0.6) is 0 Å². The number of para-hydroxylation sites is 1. The largest absolute Gasteiger partial charge is 0.277 e. The van der Waals surface area contributed by atoms with E-state index in [4.69, 9.17) is 5.26 Å². The molecule has 0 aromatic heterocycles. The van der Waals surface area contributed by atoms with Crippen LogP contribution in [0, 0.1) is 11.5 Å². The Morgan fingerprint density at radius 3 is 3.00 bits per heavy atom. The van der Waals surface area contributed by atoms with Gasteiger partial charge in [-0.2, -0.15) is 5.26 Å². The topological polar surface area (TPSA) is 56.1 Å². The molecular formula is C8H5N3OS. The molecule has 1 amide bonds. The molecule has 13 heavy (non-hydrogen) atoms. The van der Waals surface area contributed by atoms with Crippen molar-refractivity contribution in [3.63, 3.8) is 0 Å². The van der Waals surface area contributed by atoms with Crippen LogP contribution in [0.4, 0.5) is 5.69 Å². The van der Waals surface area contributed by atoms with Crippen molar-refractivity contribution in [3.05, 3.63) is 29.8 Å². The molecular weight excluding hydrogens is 186 g/mol. The summed E-state index contributed by atoms with van der Waals surface area (Å²) in [6.45, 7) is 0. The van der Waals surface area contributed by atoms with Gasteiger partial charge in [-0.1, -0.05) is 12.1 Å². The molecule has 0 bridgehead atoms. The number of carbonyl (C=O) groups is 1. The number of carbonyl (C=O) groups excluding carboxylic acids is 1. The fourth-order valence-electron chi connectivity index (χ4n) is 1.11. The molecule has 4 nitrogen and oxygen atoms in total. The summed E-state index contributed by atoms with van der Waals surface area (Å²) in [5.74, 6) is -0.160. The van der Waals surface area contributed by atoms with Crippen LogP contribution in [0.15, 0.2) is 24.3 Å². The minimum Gasteiger partial charge on any atom is -0.277 e. The number of benzene rings is 1. The molecule has 0 saturated carbocycles. The lowest BCUT2D eigenvalue weighted by atomic mass is 10.1. The molecule has 1 aromatic carbocycles. The molecule has 0 atom stereocenters. The van der Waals surface area contributed by atoms with Crippen molar-refractivity contribution in [2.24, 2.45) is 0 Å². The SMILES string of the molecule is N#CN1SNC(=O)c2ccccc21. The Bertz CT molecular complexity index is 399. The number of hydrogen-bond acceptors (Lipinski definition) is 4. The van der Waals surface area contributed by atoms with Crippen molar-refractivity contribution >= 4 is 23.7 Å². The first-order chi connectivity index (χ1) is 6.33. The molecule has 1 heterocycles. The summed E-state index contributed by atoms with van der Waals surface area (Å²) >= 11 is 0.987. The van der Waals surface area contributed by atoms with Gasteiger partial charge in [0, 0.05) is 0 Å². The van der Waals surface area contributed by atoms with E-state index in [0.717, 1.165) is 12.1 Å². The maximum atomic E-state index is 11.3. The summed E-state index contributed by atoms with van der Waals surface area (Å²) in [7, 11) is 0. The molecule has 2 rings (SSSR count). The quantitative estimate of drug-likeness (QED) is 0.495. The summed E-state index contributed by atoms with van der Waals surface area (Å²) in [6, 6.07) is 6.99. The molecule has 0 spiro atoms.